The number of amides is 1. The molecule has 0 atom stereocenters. The molecule has 1 aromatic rings. The maximum absolute atomic E-state index is 11.4. The van der Waals surface area contributed by atoms with Crippen molar-refractivity contribution in [3.8, 4) is 0 Å². The lowest BCUT2D eigenvalue weighted by atomic mass is 10.1. The van der Waals surface area contributed by atoms with E-state index >= 15 is 0 Å². The van der Waals surface area contributed by atoms with E-state index in [-0.39, 0.29) is 5.91 Å². The molecule has 0 aliphatic carbocycles. The van der Waals surface area contributed by atoms with E-state index in [1.807, 2.05) is 0 Å². The molecule has 0 fully saturated rings. The van der Waals surface area contributed by atoms with Gasteiger partial charge in [-0.2, -0.15) is 0 Å². The SMILES string of the molecule is CNC(=O)c1cc(Cl)cc(Cl)c1NC. The predicted octanol–water partition coefficient (Wildman–Crippen LogP) is 2.39. The molecule has 0 aliphatic rings. The van der Waals surface area contributed by atoms with E-state index in [0.717, 1.165) is 0 Å². The highest BCUT2D eigenvalue weighted by Gasteiger charge is 2.13. The van der Waals surface area contributed by atoms with Gasteiger partial charge < -0.3 is 10.6 Å². The standard InChI is InChI=1S/C9H10Cl2N2O/c1-12-8-6(9(14)13-2)3-5(10)4-7(8)11/h3-4,12H,1-2H3,(H,13,14). The third-order valence-corrected chi connectivity index (χ3v) is 2.29. The summed E-state index contributed by atoms with van der Waals surface area (Å²) in [5.41, 5.74) is 1.02. The quantitative estimate of drug-likeness (QED) is 0.823. The Bertz CT molecular complexity index is 366. The molecular formula is C9H10Cl2N2O. The van der Waals surface area contributed by atoms with E-state index in [2.05, 4.69) is 10.6 Å². The van der Waals surface area contributed by atoms with Gasteiger partial charge in [0.25, 0.3) is 5.91 Å². The largest absolute Gasteiger partial charge is 0.386 e. The van der Waals surface area contributed by atoms with Crippen molar-refractivity contribution in [3.63, 3.8) is 0 Å². The molecule has 0 aliphatic heterocycles. The molecule has 0 saturated heterocycles. The smallest absolute Gasteiger partial charge is 0.253 e. The van der Waals surface area contributed by atoms with Gasteiger partial charge in [0.15, 0.2) is 0 Å². The minimum absolute atomic E-state index is 0.223. The third kappa shape index (κ3) is 2.11. The Hall–Kier alpha value is -0.930. The highest BCUT2D eigenvalue weighted by molar-refractivity contribution is 6.37. The molecular weight excluding hydrogens is 223 g/mol. The van der Waals surface area contributed by atoms with Gasteiger partial charge in [-0.3, -0.25) is 4.79 Å². The van der Waals surface area contributed by atoms with Crippen LogP contribution in [0.15, 0.2) is 12.1 Å². The van der Waals surface area contributed by atoms with Crippen molar-refractivity contribution in [2.75, 3.05) is 19.4 Å². The molecule has 0 aromatic heterocycles. The van der Waals surface area contributed by atoms with Crippen LogP contribution in [0.1, 0.15) is 10.4 Å². The van der Waals surface area contributed by atoms with Gasteiger partial charge in [0.1, 0.15) is 0 Å². The number of halogens is 2. The fourth-order valence-corrected chi connectivity index (χ4v) is 1.73. The van der Waals surface area contributed by atoms with Crippen molar-refractivity contribution in [2.45, 2.75) is 0 Å². The number of rotatable bonds is 2. The average Bonchev–Trinajstić information content (AvgIpc) is 2.15. The molecule has 14 heavy (non-hydrogen) atoms. The lowest BCUT2D eigenvalue weighted by Crippen LogP contribution is -2.19. The number of anilines is 1. The Morgan fingerprint density at radius 2 is 1.93 bits per heavy atom. The molecule has 3 nitrogen and oxygen atoms in total. The van der Waals surface area contributed by atoms with Crippen LogP contribution in [0.2, 0.25) is 10.0 Å². The maximum Gasteiger partial charge on any atom is 0.253 e. The fraction of sp³-hybridized carbons (Fsp3) is 0.222. The summed E-state index contributed by atoms with van der Waals surface area (Å²) in [6, 6.07) is 3.15. The molecule has 0 bridgehead atoms. The lowest BCUT2D eigenvalue weighted by molar-refractivity contribution is 0.0964. The number of hydrogen-bond donors (Lipinski definition) is 2. The Kier molecular flexibility index (Phi) is 3.61. The first kappa shape index (κ1) is 11.1. The first-order chi connectivity index (χ1) is 6.60. The number of carbonyl (C=O) groups excluding carboxylic acids is 1. The summed E-state index contributed by atoms with van der Waals surface area (Å²) in [5, 5.41) is 6.24. The van der Waals surface area contributed by atoms with Gasteiger partial charge in [0.05, 0.1) is 16.3 Å². The summed E-state index contributed by atoms with van der Waals surface area (Å²) < 4.78 is 0. The van der Waals surface area contributed by atoms with Crippen molar-refractivity contribution >= 4 is 34.8 Å². The summed E-state index contributed by atoms with van der Waals surface area (Å²) in [4.78, 5) is 11.4. The normalized spacial score (nSPS) is 9.71. The van der Waals surface area contributed by atoms with Crippen LogP contribution >= 0.6 is 23.2 Å². The second kappa shape index (κ2) is 4.53. The first-order valence-corrected chi connectivity index (χ1v) is 4.74. The van der Waals surface area contributed by atoms with Gasteiger partial charge >= 0.3 is 0 Å². The molecule has 1 aromatic carbocycles. The molecule has 5 heteroatoms. The topological polar surface area (TPSA) is 41.1 Å². The summed E-state index contributed by atoms with van der Waals surface area (Å²) in [6.45, 7) is 0. The molecule has 76 valence electrons. The average molecular weight is 233 g/mol. The van der Waals surface area contributed by atoms with Crippen LogP contribution < -0.4 is 10.6 Å². The molecule has 0 unspecified atom stereocenters. The van der Waals surface area contributed by atoms with E-state index in [1.54, 1.807) is 26.2 Å². The molecule has 0 spiro atoms. The Morgan fingerprint density at radius 3 is 2.43 bits per heavy atom. The molecule has 0 radical (unpaired) electrons. The van der Waals surface area contributed by atoms with Gasteiger partial charge in [-0.25, -0.2) is 0 Å². The maximum atomic E-state index is 11.4. The van der Waals surface area contributed by atoms with E-state index in [9.17, 15) is 4.79 Å². The van der Waals surface area contributed by atoms with Crippen LogP contribution in [0.3, 0.4) is 0 Å². The first-order valence-electron chi connectivity index (χ1n) is 3.99. The summed E-state index contributed by atoms with van der Waals surface area (Å²) in [6.07, 6.45) is 0. The van der Waals surface area contributed by atoms with E-state index < -0.39 is 0 Å². The summed E-state index contributed by atoms with van der Waals surface area (Å²) in [7, 11) is 3.25. The highest BCUT2D eigenvalue weighted by atomic mass is 35.5. The number of nitrogens with one attached hydrogen (secondary N) is 2. The van der Waals surface area contributed by atoms with Crippen molar-refractivity contribution < 1.29 is 4.79 Å². The van der Waals surface area contributed by atoms with Gasteiger partial charge in [-0.05, 0) is 12.1 Å². The van der Waals surface area contributed by atoms with Crippen LogP contribution in [0, 0.1) is 0 Å². The van der Waals surface area contributed by atoms with Crippen LogP contribution in [-0.4, -0.2) is 20.0 Å². The Morgan fingerprint density at radius 1 is 1.29 bits per heavy atom. The fourth-order valence-electron chi connectivity index (χ4n) is 1.14. The lowest BCUT2D eigenvalue weighted by Gasteiger charge is -2.10. The van der Waals surface area contributed by atoms with E-state index in [4.69, 9.17) is 23.2 Å². The number of carbonyl (C=O) groups is 1. The van der Waals surface area contributed by atoms with E-state index in [0.29, 0.717) is 21.3 Å². The van der Waals surface area contributed by atoms with Crippen molar-refractivity contribution in [1.82, 2.24) is 5.32 Å². The monoisotopic (exact) mass is 232 g/mol. The minimum atomic E-state index is -0.223. The van der Waals surface area contributed by atoms with Crippen molar-refractivity contribution in [3.05, 3.63) is 27.7 Å². The predicted molar refractivity (Wildman–Crippen MR) is 59.4 cm³/mol. The summed E-state index contributed by atoms with van der Waals surface area (Å²) >= 11 is 11.7. The second-order valence-corrected chi connectivity index (χ2v) is 3.48. The van der Waals surface area contributed by atoms with E-state index in [1.165, 1.54) is 0 Å². The van der Waals surface area contributed by atoms with Crippen LogP contribution in [0.4, 0.5) is 5.69 Å². The third-order valence-electron chi connectivity index (χ3n) is 1.78. The van der Waals surface area contributed by atoms with Crippen molar-refractivity contribution in [1.29, 1.82) is 0 Å². The number of benzene rings is 1. The zero-order valence-electron chi connectivity index (χ0n) is 7.82. The Balaban J connectivity index is 3.32. The molecule has 2 N–H and O–H groups in total. The zero-order valence-corrected chi connectivity index (χ0v) is 9.33. The van der Waals surface area contributed by atoms with Crippen molar-refractivity contribution in [2.24, 2.45) is 0 Å². The van der Waals surface area contributed by atoms with Gasteiger partial charge in [0, 0.05) is 19.1 Å². The van der Waals surface area contributed by atoms with Crippen LogP contribution in [0.25, 0.3) is 0 Å². The zero-order chi connectivity index (χ0) is 10.7. The van der Waals surface area contributed by atoms with Crippen LogP contribution in [-0.2, 0) is 0 Å². The van der Waals surface area contributed by atoms with Gasteiger partial charge in [-0.1, -0.05) is 23.2 Å². The highest BCUT2D eigenvalue weighted by Crippen LogP contribution is 2.29. The minimum Gasteiger partial charge on any atom is -0.386 e. The second-order valence-electron chi connectivity index (χ2n) is 2.64. The Labute approximate surface area is 92.4 Å². The molecule has 0 saturated carbocycles. The molecule has 0 heterocycles. The van der Waals surface area contributed by atoms with Gasteiger partial charge in [0.2, 0.25) is 0 Å². The number of hydrogen-bond acceptors (Lipinski definition) is 2. The van der Waals surface area contributed by atoms with Crippen LogP contribution in [0.5, 0.6) is 0 Å². The molecule has 1 amide bonds. The molecule has 1 rings (SSSR count). The van der Waals surface area contributed by atoms with Gasteiger partial charge in [-0.15, -0.1) is 0 Å². The summed E-state index contributed by atoms with van der Waals surface area (Å²) in [5.74, 6) is -0.223.